The minimum Gasteiger partial charge on any atom is -0.506 e. The summed E-state index contributed by atoms with van der Waals surface area (Å²) in [5, 5.41) is 26.6. The number of hydrogen-bond acceptors (Lipinski definition) is 8. The molecule has 4 aromatic heterocycles. The van der Waals surface area contributed by atoms with Crippen molar-refractivity contribution < 1.29 is 14.2 Å². The van der Waals surface area contributed by atoms with Crippen molar-refractivity contribution in [2.75, 3.05) is 0 Å². The third-order valence-electron chi connectivity index (χ3n) is 5.96. The number of nitrogens with one attached hydrogen (secondary N) is 1. The average Bonchev–Trinajstić information content (AvgIpc) is 3.25. The molecule has 10 heteroatoms. The second-order valence-electron chi connectivity index (χ2n) is 9.79. The first-order valence-electron chi connectivity index (χ1n) is 11.1. The lowest BCUT2D eigenvalue weighted by atomic mass is 9.79. The van der Waals surface area contributed by atoms with E-state index < -0.39 is 17.8 Å². The largest absolute Gasteiger partial charge is 0.506 e. The van der Waals surface area contributed by atoms with Crippen LogP contribution in [0.1, 0.15) is 34.1 Å². The molecule has 176 valence electrons. The Hall–Kier alpha value is -3.66. The van der Waals surface area contributed by atoms with Gasteiger partial charge >= 0.3 is 0 Å². The van der Waals surface area contributed by atoms with Crippen LogP contribution in [-0.2, 0) is 0 Å². The molecule has 34 heavy (non-hydrogen) atoms. The molecule has 0 unspecified atom stereocenters. The zero-order valence-corrected chi connectivity index (χ0v) is 19.4. The summed E-state index contributed by atoms with van der Waals surface area (Å²) in [6.45, 7) is 7.69. The number of hydrogen-bond donors (Lipinski definition) is 2. The van der Waals surface area contributed by atoms with Gasteiger partial charge in [-0.25, -0.2) is 18.9 Å². The molecule has 0 bridgehead atoms. The molecular weight excluding hydrogens is 437 g/mol. The quantitative estimate of drug-likeness (QED) is 0.473. The molecule has 5 rings (SSSR count). The molecule has 4 aromatic rings. The molecule has 1 aliphatic heterocycles. The smallest absolute Gasteiger partial charge is 0.233 e. The molecule has 0 saturated carbocycles. The van der Waals surface area contributed by atoms with Crippen molar-refractivity contribution in [1.82, 2.24) is 35.1 Å². The lowest BCUT2D eigenvalue weighted by Gasteiger charge is -2.48. The Morgan fingerprint density at radius 3 is 2.62 bits per heavy atom. The molecule has 1 saturated heterocycles. The van der Waals surface area contributed by atoms with Crippen LogP contribution in [0.2, 0.25) is 0 Å². The van der Waals surface area contributed by atoms with Crippen molar-refractivity contribution in [3.8, 4) is 34.3 Å². The fraction of sp³-hybridized carbons (Fsp3) is 0.375. The fourth-order valence-electron chi connectivity index (χ4n) is 4.59. The van der Waals surface area contributed by atoms with Crippen LogP contribution in [0.4, 0.5) is 4.39 Å². The van der Waals surface area contributed by atoms with Crippen LogP contribution in [-0.4, -0.2) is 58.2 Å². The molecule has 0 radical (unpaired) electrons. The summed E-state index contributed by atoms with van der Waals surface area (Å²) < 4.78 is 22.5. The van der Waals surface area contributed by atoms with Crippen LogP contribution in [0.15, 0.2) is 48.9 Å². The Balaban J connectivity index is 1.35. The summed E-state index contributed by atoms with van der Waals surface area (Å²) in [5.74, 6) is 0.164. The van der Waals surface area contributed by atoms with Gasteiger partial charge in [0.25, 0.3) is 0 Å². The van der Waals surface area contributed by atoms with Gasteiger partial charge in [0.15, 0.2) is 11.8 Å². The molecule has 1 fully saturated rings. The van der Waals surface area contributed by atoms with Gasteiger partial charge in [-0.3, -0.25) is 0 Å². The summed E-state index contributed by atoms with van der Waals surface area (Å²) in [7, 11) is 0. The Morgan fingerprint density at radius 2 is 1.88 bits per heavy atom. The van der Waals surface area contributed by atoms with Gasteiger partial charge in [-0.1, -0.05) is 0 Å². The Morgan fingerprint density at radius 1 is 1.09 bits per heavy atom. The van der Waals surface area contributed by atoms with Crippen LogP contribution in [0.25, 0.3) is 28.3 Å². The maximum Gasteiger partial charge on any atom is 0.233 e. The van der Waals surface area contributed by atoms with Gasteiger partial charge in [-0.2, -0.15) is 5.10 Å². The zero-order chi connectivity index (χ0) is 24.1. The fourth-order valence-corrected chi connectivity index (χ4v) is 4.59. The predicted octanol–water partition coefficient (Wildman–Crippen LogP) is 3.59. The minimum atomic E-state index is -1.21. The second kappa shape index (κ2) is 7.98. The SMILES string of the molecule is CC1(C)C[C@@H](Oc2ccc(-c3ncc(-c4ccc5nccn5n4)cc3O)nn2)[C@@H](F)C(C)(C)N1. The van der Waals surface area contributed by atoms with E-state index in [0.717, 1.165) is 5.65 Å². The molecule has 0 aliphatic carbocycles. The highest BCUT2D eigenvalue weighted by Gasteiger charge is 2.47. The minimum absolute atomic E-state index is 0.0568. The number of aromatic nitrogens is 6. The van der Waals surface area contributed by atoms with E-state index in [0.29, 0.717) is 23.4 Å². The summed E-state index contributed by atoms with van der Waals surface area (Å²) in [6, 6.07) is 8.48. The summed E-state index contributed by atoms with van der Waals surface area (Å²) >= 11 is 0. The number of halogens is 1. The van der Waals surface area contributed by atoms with E-state index in [-0.39, 0.29) is 22.9 Å². The molecule has 9 nitrogen and oxygen atoms in total. The molecule has 0 spiro atoms. The van der Waals surface area contributed by atoms with Crippen molar-refractivity contribution in [2.45, 2.75) is 57.5 Å². The monoisotopic (exact) mass is 463 g/mol. The number of alkyl halides is 1. The number of nitrogens with zero attached hydrogens (tertiary/aromatic N) is 6. The Bertz CT molecular complexity index is 1340. The summed E-state index contributed by atoms with van der Waals surface area (Å²) in [4.78, 5) is 8.53. The third-order valence-corrected chi connectivity index (χ3v) is 5.96. The first-order valence-corrected chi connectivity index (χ1v) is 11.1. The van der Waals surface area contributed by atoms with Crippen molar-refractivity contribution in [2.24, 2.45) is 0 Å². The molecule has 2 N–H and O–H groups in total. The number of rotatable bonds is 4. The van der Waals surface area contributed by atoms with Gasteiger partial charge in [-0.15, -0.1) is 10.2 Å². The maximum atomic E-state index is 15.0. The number of fused-ring (bicyclic) bond motifs is 1. The van der Waals surface area contributed by atoms with Crippen LogP contribution in [0.3, 0.4) is 0 Å². The van der Waals surface area contributed by atoms with Gasteiger partial charge < -0.3 is 15.2 Å². The number of pyridine rings is 1. The highest BCUT2D eigenvalue weighted by atomic mass is 19.1. The van der Waals surface area contributed by atoms with Crippen molar-refractivity contribution in [3.63, 3.8) is 0 Å². The van der Waals surface area contributed by atoms with Crippen molar-refractivity contribution in [3.05, 3.63) is 48.9 Å². The Kier molecular flexibility index (Phi) is 5.20. The highest BCUT2D eigenvalue weighted by molar-refractivity contribution is 5.68. The van der Waals surface area contributed by atoms with Gasteiger partial charge in [0.2, 0.25) is 5.88 Å². The lowest BCUT2D eigenvalue weighted by molar-refractivity contribution is -0.0281. The van der Waals surface area contributed by atoms with E-state index in [9.17, 15) is 5.11 Å². The number of ether oxygens (including phenoxy) is 1. The molecule has 5 heterocycles. The zero-order valence-electron chi connectivity index (χ0n) is 19.4. The second-order valence-corrected chi connectivity index (χ2v) is 9.79. The van der Waals surface area contributed by atoms with E-state index in [1.165, 1.54) is 0 Å². The third kappa shape index (κ3) is 4.16. The lowest BCUT2D eigenvalue weighted by Crippen LogP contribution is -2.66. The Labute approximate surface area is 196 Å². The predicted molar refractivity (Wildman–Crippen MR) is 124 cm³/mol. The highest BCUT2D eigenvalue weighted by Crippen LogP contribution is 2.34. The first kappa shape index (κ1) is 22.1. The average molecular weight is 464 g/mol. The van der Waals surface area contributed by atoms with E-state index in [2.05, 4.69) is 30.6 Å². The molecule has 1 aliphatic rings. The number of aromatic hydroxyl groups is 1. The van der Waals surface area contributed by atoms with E-state index >= 15 is 4.39 Å². The van der Waals surface area contributed by atoms with Gasteiger partial charge in [-0.05, 0) is 52.0 Å². The summed E-state index contributed by atoms with van der Waals surface area (Å²) in [6.07, 6.45) is 3.64. The molecular formula is C24H26FN7O2. The topological polar surface area (TPSA) is 110 Å². The van der Waals surface area contributed by atoms with Gasteiger partial charge in [0, 0.05) is 47.7 Å². The maximum absolute atomic E-state index is 15.0. The summed E-state index contributed by atoms with van der Waals surface area (Å²) in [5.41, 5.74) is 1.66. The normalized spacial score (nSPS) is 21.4. The van der Waals surface area contributed by atoms with Crippen LogP contribution < -0.4 is 10.1 Å². The first-order chi connectivity index (χ1) is 16.1. The van der Waals surface area contributed by atoms with Crippen molar-refractivity contribution >= 4 is 5.65 Å². The van der Waals surface area contributed by atoms with Crippen LogP contribution >= 0.6 is 0 Å². The van der Waals surface area contributed by atoms with E-state index in [1.807, 2.05) is 39.8 Å². The van der Waals surface area contributed by atoms with Crippen LogP contribution in [0.5, 0.6) is 11.6 Å². The number of piperidine rings is 1. The standard InChI is InChI=1S/C24H26FN7O2/c1-23(2)12-18(22(25)24(3,4)31-23)34-20-8-6-16(28-29-20)21-17(33)11-14(13-27-21)15-5-7-19-26-9-10-32(19)30-15/h5-11,13,18,22,31,33H,12H2,1-4H3/t18-,22-/m1/s1. The number of imidazole rings is 1. The van der Waals surface area contributed by atoms with Gasteiger partial charge in [0.05, 0.1) is 5.69 Å². The van der Waals surface area contributed by atoms with Crippen molar-refractivity contribution in [1.29, 1.82) is 0 Å². The van der Waals surface area contributed by atoms with Gasteiger partial charge in [0.1, 0.15) is 23.2 Å². The molecule has 0 aromatic carbocycles. The van der Waals surface area contributed by atoms with E-state index in [4.69, 9.17) is 4.74 Å². The van der Waals surface area contributed by atoms with E-state index in [1.54, 1.807) is 41.3 Å². The molecule has 2 atom stereocenters. The molecule has 0 amide bonds. The van der Waals surface area contributed by atoms with Crippen LogP contribution in [0, 0.1) is 0 Å².